The molecule has 0 bridgehead atoms. The molecule has 6 aromatic carbocycles. The van der Waals surface area contributed by atoms with Gasteiger partial charge in [0.05, 0.1) is 0 Å². The average molecular weight is 615 g/mol. The molecule has 0 amide bonds. The number of allylic oxidation sites excluding steroid dienone is 4. The maximum Gasteiger partial charge on any atom is 0.0476 e. The topological polar surface area (TPSA) is 24.1 Å². The van der Waals surface area contributed by atoms with Crippen LogP contribution in [0.25, 0.3) is 33.4 Å². The zero-order valence-corrected chi connectivity index (χ0v) is 27.0. The Morgan fingerprint density at radius 2 is 1.07 bits per heavy atom. The van der Waals surface area contributed by atoms with E-state index in [4.69, 9.17) is 0 Å². The molecule has 2 nitrogen and oxygen atoms in total. The molecule has 2 N–H and O–H groups in total. The average Bonchev–Trinajstić information content (AvgIpc) is 3.65. The van der Waals surface area contributed by atoms with Crippen LogP contribution < -0.4 is 10.0 Å². The van der Waals surface area contributed by atoms with Gasteiger partial charge in [-0.1, -0.05) is 140 Å². The maximum atomic E-state index is 3.99. The summed E-state index contributed by atoms with van der Waals surface area (Å²) in [5.74, 6) is 0.216. The van der Waals surface area contributed by atoms with E-state index in [0.717, 1.165) is 17.1 Å². The van der Waals surface area contributed by atoms with Crippen molar-refractivity contribution in [3.8, 4) is 33.4 Å². The molecular weight excluding hydrogens is 577 g/mol. The smallest absolute Gasteiger partial charge is 0.0476 e. The standard InChI is InChI=1S/C43H38N2S/c1-46(2,45-37-26-13-6-14-27-37)43-38(33-22-15-16-23-33)28-17-29-39(43)42-40(34-20-9-4-10-21-34)30-35(32-18-7-3-8-19-32)31-41(42)44-36-24-11-5-12-25-36/h3-31,33,44-45H,1-2H3. The number of benzene rings is 6. The first kappa shape index (κ1) is 29.5. The number of rotatable bonds is 9. The summed E-state index contributed by atoms with van der Waals surface area (Å²) in [6.45, 7) is 0. The van der Waals surface area contributed by atoms with Crippen LogP contribution in [-0.4, -0.2) is 12.5 Å². The van der Waals surface area contributed by atoms with Gasteiger partial charge in [0, 0.05) is 33.4 Å². The third-order valence-electron chi connectivity index (χ3n) is 8.46. The van der Waals surface area contributed by atoms with Crippen molar-refractivity contribution in [3.05, 3.63) is 182 Å². The fourth-order valence-corrected chi connectivity index (χ4v) is 8.77. The molecule has 6 aromatic rings. The predicted molar refractivity (Wildman–Crippen MR) is 201 cm³/mol. The molecule has 0 saturated carbocycles. The molecule has 226 valence electrons. The lowest BCUT2D eigenvalue weighted by Gasteiger charge is -2.39. The molecule has 0 heterocycles. The summed E-state index contributed by atoms with van der Waals surface area (Å²) in [6.07, 6.45) is 13.7. The Kier molecular flexibility index (Phi) is 8.33. The van der Waals surface area contributed by atoms with Gasteiger partial charge in [-0.25, -0.2) is 0 Å². The second-order valence-electron chi connectivity index (χ2n) is 12.0. The summed E-state index contributed by atoms with van der Waals surface area (Å²) >= 11 is 0. The Morgan fingerprint density at radius 3 is 1.70 bits per heavy atom. The molecule has 1 aliphatic rings. The molecule has 1 aliphatic carbocycles. The summed E-state index contributed by atoms with van der Waals surface area (Å²) < 4.78 is 3.99. The minimum absolute atomic E-state index is 0.216. The number of hydrogen-bond acceptors (Lipinski definition) is 2. The Balaban J connectivity index is 1.54. The minimum atomic E-state index is -1.56. The van der Waals surface area contributed by atoms with E-state index in [0.29, 0.717) is 0 Å². The maximum absolute atomic E-state index is 3.99. The second-order valence-corrected chi connectivity index (χ2v) is 15.2. The van der Waals surface area contributed by atoms with E-state index in [1.54, 1.807) is 0 Å². The molecule has 0 unspecified atom stereocenters. The molecule has 0 saturated heterocycles. The molecule has 3 heteroatoms. The highest BCUT2D eigenvalue weighted by atomic mass is 32.3. The van der Waals surface area contributed by atoms with Crippen LogP contribution in [0.1, 0.15) is 11.5 Å². The van der Waals surface area contributed by atoms with Gasteiger partial charge in [-0.3, -0.25) is 0 Å². The number of hydrogen-bond donors (Lipinski definition) is 2. The van der Waals surface area contributed by atoms with Crippen molar-refractivity contribution in [3.63, 3.8) is 0 Å². The normalized spacial score (nSPS) is 13.1. The minimum Gasteiger partial charge on any atom is -0.355 e. The molecule has 0 aliphatic heterocycles. The van der Waals surface area contributed by atoms with Gasteiger partial charge in [-0.2, -0.15) is 0 Å². The van der Waals surface area contributed by atoms with Crippen molar-refractivity contribution in [1.29, 1.82) is 0 Å². The van der Waals surface area contributed by atoms with Crippen LogP contribution in [0.5, 0.6) is 0 Å². The fourth-order valence-electron chi connectivity index (χ4n) is 6.43. The molecule has 0 fully saturated rings. The Labute approximate surface area is 274 Å². The lowest BCUT2D eigenvalue weighted by molar-refractivity contribution is 1.05. The fraction of sp³-hybridized carbons (Fsp3) is 0.0698. The summed E-state index contributed by atoms with van der Waals surface area (Å²) in [5.41, 5.74) is 11.8. The molecule has 0 spiro atoms. The highest BCUT2D eigenvalue weighted by Gasteiger charge is 2.28. The Bertz CT molecular complexity index is 1990. The van der Waals surface area contributed by atoms with Crippen molar-refractivity contribution in [1.82, 2.24) is 0 Å². The lowest BCUT2D eigenvalue weighted by atomic mass is 9.87. The number of nitrogens with one attached hydrogen (secondary N) is 2. The van der Waals surface area contributed by atoms with Crippen LogP contribution in [0.4, 0.5) is 17.1 Å². The first-order valence-corrected chi connectivity index (χ1v) is 18.2. The van der Waals surface area contributed by atoms with Crippen molar-refractivity contribution >= 4 is 27.3 Å². The van der Waals surface area contributed by atoms with Gasteiger partial charge in [0.15, 0.2) is 0 Å². The molecule has 0 atom stereocenters. The third-order valence-corrected chi connectivity index (χ3v) is 10.7. The van der Waals surface area contributed by atoms with Crippen molar-refractivity contribution < 1.29 is 0 Å². The second kappa shape index (κ2) is 13.0. The van der Waals surface area contributed by atoms with Crippen LogP contribution in [0.2, 0.25) is 0 Å². The van der Waals surface area contributed by atoms with E-state index < -0.39 is 10.2 Å². The summed E-state index contributed by atoms with van der Waals surface area (Å²) in [4.78, 5) is 1.36. The van der Waals surface area contributed by atoms with Gasteiger partial charge in [-0.05, 0) is 82.3 Å². The van der Waals surface area contributed by atoms with E-state index in [1.807, 2.05) is 0 Å². The quantitative estimate of drug-likeness (QED) is 0.169. The molecule has 0 aromatic heterocycles. The van der Waals surface area contributed by atoms with Crippen molar-refractivity contribution in [2.24, 2.45) is 0 Å². The van der Waals surface area contributed by atoms with E-state index in [-0.39, 0.29) is 5.92 Å². The lowest BCUT2D eigenvalue weighted by Crippen LogP contribution is -2.13. The largest absolute Gasteiger partial charge is 0.355 e. The predicted octanol–water partition coefficient (Wildman–Crippen LogP) is 12.1. The van der Waals surface area contributed by atoms with E-state index in [9.17, 15) is 0 Å². The molecule has 46 heavy (non-hydrogen) atoms. The van der Waals surface area contributed by atoms with Crippen LogP contribution >= 0.6 is 10.2 Å². The van der Waals surface area contributed by atoms with Crippen LogP contribution in [0, 0.1) is 0 Å². The van der Waals surface area contributed by atoms with Gasteiger partial charge in [0.2, 0.25) is 0 Å². The molecule has 0 radical (unpaired) electrons. The Hall–Kier alpha value is -5.25. The third kappa shape index (κ3) is 6.15. The van der Waals surface area contributed by atoms with Crippen LogP contribution in [-0.2, 0) is 0 Å². The van der Waals surface area contributed by atoms with Crippen molar-refractivity contribution in [2.45, 2.75) is 10.8 Å². The van der Waals surface area contributed by atoms with E-state index in [2.05, 4.69) is 199 Å². The van der Waals surface area contributed by atoms with E-state index in [1.165, 1.54) is 43.8 Å². The first-order valence-electron chi connectivity index (χ1n) is 15.7. The summed E-state index contributed by atoms with van der Waals surface area (Å²) in [5, 5.41) is 3.87. The highest BCUT2D eigenvalue weighted by Crippen LogP contribution is 2.58. The first-order chi connectivity index (χ1) is 22.6. The van der Waals surface area contributed by atoms with Gasteiger partial charge in [-0.15, -0.1) is 10.2 Å². The van der Waals surface area contributed by atoms with Crippen LogP contribution in [0.15, 0.2) is 181 Å². The van der Waals surface area contributed by atoms with Gasteiger partial charge in [0.25, 0.3) is 0 Å². The summed E-state index contributed by atoms with van der Waals surface area (Å²) in [6, 6.07) is 54.2. The van der Waals surface area contributed by atoms with Crippen LogP contribution in [0.3, 0.4) is 0 Å². The molecular formula is C43H38N2S. The van der Waals surface area contributed by atoms with E-state index >= 15 is 0 Å². The highest BCUT2D eigenvalue weighted by molar-refractivity contribution is 8.33. The SMILES string of the molecule is CS(C)(Nc1ccccc1)c1c(-c2c(Nc3ccccc3)cc(-c3ccccc3)cc2-c2ccccc2)cccc1C1C=CC=C1. The van der Waals surface area contributed by atoms with Crippen molar-refractivity contribution in [2.75, 3.05) is 22.6 Å². The van der Waals surface area contributed by atoms with Gasteiger partial charge >= 0.3 is 0 Å². The monoisotopic (exact) mass is 614 g/mol. The zero-order valence-electron chi connectivity index (χ0n) is 26.2. The Morgan fingerprint density at radius 1 is 0.500 bits per heavy atom. The number of para-hydroxylation sites is 2. The van der Waals surface area contributed by atoms with Gasteiger partial charge in [0.1, 0.15) is 0 Å². The molecule has 7 rings (SSSR count). The summed E-state index contributed by atoms with van der Waals surface area (Å²) in [7, 11) is -1.56. The number of anilines is 3. The van der Waals surface area contributed by atoms with Gasteiger partial charge < -0.3 is 10.0 Å². The zero-order chi connectivity index (χ0) is 31.3.